The first-order valence-electron chi connectivity index (χ1n) is 8.82. The molecule has 134 valence electrons. The summed E-state index contributed by atoms with van der Waals surface area (Å²) in [6.07, 6.45) is 0.323. The Morgan fingerprint density at radius 2 is 1.63 bits per heavy atom. The van der Waals surface area contributed by atoms with Crippen molar-refractivity contribution in [3.63, 3.8) is 0 Å². The van der Waals surface area contributed by atoms with E-state index in [9.17, 15) is 4.39 Å². The zero-order valence-corrected chi connectivity index (χ0v) is 15.1. The molecular formula is C22H16ClFN2O. The van der Waals surface area contributed by atoms with Gasteiger partial charge in [-0.15, -0.1) is 0 Å². The third kappa shape index (κ3) is 2.77. The first-order chi connectivity index (χ1) is 13.2. The number of fused-ring (bicyclic) bond motifs is 3. The highest BCUT2D eigenvalue weighted by atomic mass is 35.5. The van der Waals surface area contributed by atoms with Crippen molar-refractivity contribution in [3.05, 3.63) is 100 Å². The van der Waals surface area contributed by atoms with E-state index in [-0.39, 0.29) is 11.9 Å². The minimum absolute atomic E-state index is 0.0521. The molecule has 5 heteroatoms. The highest BCUT2D eigenvalue weighted by Crippen LogP contribution is 2.48. The number of benzene rings is 3. The van der Waals surface area contributed by atoms with E-state index in [1.165, 1.54) is 12.1 Å². The molecule has 0 aliphatic carbocycles. The van der Waals surface area contributed by atoms with Gasteiger partial charge in [-0.05, 0) is 29.8 Å². The monoisotopic (exact) mass is 378 g/mol. The Bertz CT molecular complexity index is 1030. The van der Waals surface area contributed by atoms with Crippen molar-refractivity contribution in [2.45, 2.75) is 18.7 Å². The molecule has 3 aromatic carbocycles. The van der Waals surface area contributed by atoms with Crippen LogP contribution in [0.3, 0.4) is 0 Å². The maximum absolute atomic E-state index is 13.3. The van der Waals surface area contributed by atoms with E-state index in [1.54, 1.807) is 12.1 Å². The van der Waals surface area contributed by atoms with Gasteiger partial charge in [0.2, 0.25) is 6.23 Å². The molecule has 0 fully saturated rings. The Morgan fingerprint density at radius 1 is 0.926 bits per heavy atom. The van der Waals surface area contributed by atoms with Crippen LogP contribution < -0.4 is 4.74 Å². The first kappa shape index (κ1) is 16.3. The molecule has 3 aromatic rings. The second-order valence-corrected chi connectivity index (χ2v) is 7.09. The normalized spacial score (nSPS) is 20.5. The van der Waals surface area contributed by atoms with E-state index in [2.05, 4.69) is 6.07 Å². The van der Waals surface area contributed by atoms with Gasteiger partial charge in [-0.3, -0.25) is 0 Å². The standard InChI is InChI=1S/C22H16ClFN2O/c23-18-7-3-1-5-16(18)22-26-20(17-6-2-4-8-21(17)27-22)13-19(25-26)14-9-11-15(24)12-10-14/h1-12,20,22H,13H2/t20-,22+/m0/s1. The van der Waals surface area contributed by atoms with Crippen LogP contribution in [0.25, 0.3) is 0 Å². The molecule has 0 radical (unpaired) electrons. The molecule has 0 amide bonds. The van der Waals surface area contributed by atoms with Gasteiger partial charge in [-0.1, -0.05) is 60.1 Å². The van der Waals surface area contributed by atoms with Gasteiger partial charge in [0.05, 0.1) is 11.8 Å². The fraction of sp³-hybridized carbons (Fsp3) is 0.136. The SMILES string of the molecule is Fc1ccc(C2=NN3[C@@H](c4ccccc4Cl)Oc4ccccc4[C@@H]3C2)cc1. The predicted molar refractivity (Wildman–Crippen MR) is 103 cm³/mol. The molecule has 0 saturated heterocycles. The van der Waals surface area contributed by atoms with Gasteiger partial charge in [0.1, 0.15) is 11.6 Å². The number of halogens is 2. The first-order valence-corrected chi connectivity index (χ1v) is 9.20. The minimum atomic E-state index is -0.406. The summed E-state index contributed by atoms with van der Waals surface area (Å²) in [6.45, 7) is 0. The molecule has 2 atom stereocenters. The van der Waals surface area contributed by atoms with Crippen molar-refractivity contribution in [1.82, 2.24) is 5.01 Å². The highest BCUT2D eigenvalue weighted by molar-refractivity contribution is 6.31. The number of ether oxygens (including phenoxy) is 1. The van der Waals surface area contributed by atoms with Gasteiger partial charge in [0.15, 0.2) is 0 Å². The maximum Gasteiger partial charge on any atom is 0.215 e. The fourth-order valence-corrected chi connectivity index (χ4v) is 3.96. The lowest BCUT2D eigenvalue weighted by atomic mass is 9.96. The molecular weight excluding hydrogens is 363 g/mol. The highest BCUT2D eigenvalue weighted by Gasteiger charge is 2.41. The molecule has 2 aliphatic heterocycles. The predicted octanol–water partition coefficient (Wildman–Crippen LogP) is 5.72. The summed E-state index contributed by atoms with van der Waals surface area (Å²) in [5.41, 5.74) is 3.81. The summed E-state index contributed by atoms with van der Waals surface area (Å²) in [7, 11) is 0. The molecule has 0 unspecified atom stereocenters. The van der Waals surface area contributed by atoms with Crippen molar-refractivity contribution >= 4 is 17.3 Å². The summed E-state index contributed by atoms with van der Waals surface area (Å²) >= 11 is 6.45. The second kappa shape index (κ2) is 6.39. The number of para-hydroxylation sites is 1. The summed E-state index contributed by atoms with van der Waals surface area (Å²) in [6, 6.07) is 22.2. The van der Waals surface area contributed by atoms with E-state index in [0.717, 1.165) is 34.6 Å². The molecule has 0 N–H and O–H groups in total. The van der Waals surface area contributed by atoms with Crippen LogP contribution in [-0.4, -0.2) is 10.7 Å². The Labute approximate surface area is 161 Å². The molecule has 0 saturated carbocycles. The van der Waals surface area contributed by atoms with E-state index in [4.69, 9.17) is 21.4 Å². The van der Waals surface area contributed by atoms with Crippen molar-refractivity contribution in [3.8, 4) is 5.75 Å². The van der Waals surface area contributed by atoms with Gasteiger partial charge in [-0.2, -0.15) is 5.10 Å². The fourth-order valence-electron chi connectivity index (χ4n) is 3.73. The van der Waals surface area contributed by atoms with Crippen LogP contribution in [0.1, 0.15) is 35.4 Å². The third-order valence-corrected chi connectivity index (χ3v) is 5.39. The van der Waals surface area contributed by atoms with Gasteiger partial charge in [0.25, 0.3) is 0 Å². The number of hydrazone groups is 1. The van der Waals surface area contributed by atoms with Crippen LogP contribution in [0, 0.1) is 5.82 Å². The van der Waals surface area contributed by atoms with Gasteiger partial charge in [-0.25, -0.2) is 9.40 Å². The lowest BCUT2D eigenvalue weighted by Crippen LogP contribution is -2.33. The third-order valence-electron chi connectivity index (χ3n) is 5.05. The molecule has 0 bridgehead atoms. The molecule has 2 aliphatic rings. The molecule has 0 spiro atoms. The van der Waals surface area contributed by atoms with Crippen molar-refractivity contribution < 1.29 is 9.13 Å². The molecule has 3 nitrogen and oxygen atoms in total. The Balaban J connectivity index is 1.61. The summed E-state index contributed by atoms with van der Waals surface area (Å²) in [5.74, 6) is 0.594. The van der Waals surface area contributed by atoms with Crippen molar-refractivity contribution in [1.29, 1.82) is 0 Å². The molecule has 27 heavy (non-hydrogen) atoms. The van der Waals surface area contributed by atoms with E-state index >= 15 is 0 Å². The zero-order chi connectivity index (χ0) is 18.4. The lowest BCUT2D eigenvalue weighted by molar-refractivity contribution is -0.0189. The number of hydrogen-bond donors (Lipinski definition) is 0. The summed E-state index contributed by atoms with van der Waals surface area (Å²) in [4.78, 5) is 0. The van der Waals surface area contributed by atoms with Crippen LogP contribution in [0.5, 0.6) is 5.75 Å². The van der Waals surface area contributed by atoms with Crippen LogP contribution in [-0.2, 0) is 0 Å². The lowest BCUT2D eigenvalue weighted by Gasteiger charge is -2.38. The topological polar surface area (TPSA) is 24.8 Å². The van der Waals surface area contributed by atoms with Crippen molar-refractivity contribution in [2.24, 2.45) is 5.10 Å². The van der Waals surface area contributed by atoms with Crippen LogP contribution >= 0.6 is 11.6 Å². The Hall–Kier alpha value is -2.85. The average Bonchev–Trinajstić information content (AvgIpc) is 3.14. The Morgan fingerprint density at radius 3 is 2.41 bits per heavy atom. The molecule has 0 aromatic heterocycles. The largest absolute Gasteiger partial charge is 0.464 e. The average molecular weight is 379 g/mol. The van der Waals surface area contributed by atoms with Crippen molar-refractivity contribution in [2.75, 3.05) is 0 Å². The minimum Gasteiger partial charge on any atom is -0.464 e. The molecule has 2 heterocycles. The second-order valence-electron chi connectivity index (χ2n) is 6.68. The molecule has 5 rings (SSSR count). The quantitative estimate of drug-likeness (QED) is 0.569. The smallest absolute Gasteiger partial charge is 0.215 e. The van der Waals surface area contributed by atoms with Gasteiger partial charge < -0.3 is 4.74 Å². The Kier molecular flexibility index (Phi) is 3.87. The van der Waals surface area contributed by atoms with Crippen LogP contribution in [0.15, 0.2) is 77.9 Å². The summed E-state index contributed by atoms with van der Waals surface area (Å²) in [5, 5.41) is 7.47. The van der Waals surface area contributed by atoms with Crippen LogP contribution in [0.4, 0.5) is 4.39 Å². The maximum atomic E-state index is 13.3. The van der Waals surface area contributed by atoms with E-state index in [1.807, 2.05) is 47.5 Å². The number of nitrogens with zero attached hydrogens (tertiary/aromatic N) is 2. The summed E-state index contributed by atoms with van der Waals surface area (Å²) < 4.78 is 19.6. The number of hydrogen-bond acceptors (Lipinski definition) is 3. The van der Waals surface area contributed by atoms with E-state index in [0.29, 0.717) is 5.02 Å². The van der Waals surface area contributed by atoms with Gasteiger partial charge >= 0.3 is 0 Å². The zero-order valence-electron chi connectivity index (χ0n) is 14.3. The van der Waals surface area contributed by atoms with Crippen LogP contribution in [0.2, 0.25) is 5.02 Å². The van der Waals surface area contributed by atoms with Gasteiger partial charge in [0, 0.05) is 22.6 Å². The van der Waals surface area contributed by atoms with E-state index < -0.39 is 6.23 Å². The number of rotatable bonds is 2.